The van der Waals surface area contributed by atoms with E-state index in [9.17, 15) is 13.2 Å². The SMILES string of the molecule is CC(C)c1ccc([C@@H](N2CCNCC2)C(F)(F)F)cc1.Cl.Cl. The Morgan fingerprint density at radius 2 is 1.41 bits per heavy atom. The van der Waals surface area contributed by atoms with Crippen molar-refractivity contribution >= 4 is 24.8 Å². The molecule has 0 radical (unpaired) electrons. The van der Waals surface area contributed by atoms with Crippen LogP contribution in [0, 0.1) is 0 Å². The van der Waals surface area contributed by atoms with Crippen molar-refractivity contribution in [3.05, 3.63) is 35.4 Å². The molecule has 22 heavy (non-hydrogen) atoms. The maximum atomic E-state index is 13.4. The van der Waals surface area contributed by atoms with E-state index in [4.69, 9.17) is 0 Å². The molecule has 2 rings (SSSR count). The number of benzene rings is 1. The third-order valence-electron chi connectivity index (χ3n) is 3.75. The second-order valence-corrected chi connectivity index (χ2v) is 5.55. The second-order valence-electron chi connectivity index (χ2n) is 5.55. The molecule has 0 saturated carbocycles. The highest BCUT2D eigenvalue weighted by Gasteiger charge is 2.44. The van der Waals surface area contributed by atoms with E-state index in [0.717, 1.165) is 5.56 Å². The number of hydrogen-bond acceptors (Lipinski definition) is 2. The van der Waals surface area contributed by atoms with E-state index in [1.807, 2.05) is 13.8 Å². The minimum atomic E-state index is -4.24. The topological polar surface area (TPSA) is 15.3 Å². The Balaban J connectivity index is 0.00000220. The Bertz CT molecular complexity index is 429. The molecule has 1 aliphatic heterocycles. The van der Waals surface area contributed by atoms with Crippen molar-refractivity contribution in [1.82, 2.24) is 10.2 Å². The molecule has 0 bridgehead atoms. The average Bonchev–Trinajstić information content (AvgIpc) is 2.39. The predicted octanol–water partition coefficient (Wildman–Crippen LogP) is 4.16. The molecule has 0 unspecified atom stereocenters. The summed E-state index contributed by atoms with van der Waals surface area (Å²) in [6.07, 6.45) is -4.24. The van der Waals surface area contributed by atoms with Crippen LogP contribution < -0.4 is 5.32 Å². The number of nitrogens with one attached hydrogen (secondary N) is 1. The van der Waals surface area contributed by atoms with E-state index in [2.05, 4.69) is 5.32 Å². The fourth-order valence-electron chi connectivity index (χ4n) is 2.61. The van der Waals surface area contributed by atoms with Crippen molar-refractivity contribution in [2.24, 2.45) is 0 Å². The van der Waals surface area contributed by atoms with Gasteiger partial charge in [0.1, 0.15) is 6.04 Å². The van der Waals surface area contributed by atoms with Crippen LogP contribution in [0.1, 0.15) is 36.9 Å². The van der Waals surface area contributed by atoms with Gasteiger partial charge in [-0.1, -0.05) is 38.1 Å². The molecule has 0 amide bonds. The summed E-state index contributed by atoms with van der Waals surface area (Å²) in [5, 5.41) is 3.09. The molecule has 1 aromatic carbocycles. The Hall–Kier alpha value is -0.490. The fraction of sp³-hybridized carbons (Fsp3) is 0.600. The number of rotatable bonds is 3. The van der Waals surface area contributed by atoms with E-state index in [1.54, 1.807) is 24.3 Å². The zero-order chi connectivity index (χ0) is 14.8. The van der Waals surface area contributed by atoms with Crippen molar-refractivity contribution in [2.45, 2.75) is 32.0 Å². The van der Waals surface area contributed by atoms with Crippen molar-refractivity contribution in [1.29, 1.82) is 0 Å². The molecule has 1 aromatic rings. The monoisotopic (exact) mass is 358 g/mol. The molecular weight excluding hydrogens is 336 g/mol. The summed E-state index contributed by atoms with van der Waals surface area (Å²) in [4.78, 5) is 1.51. The Kier molecular flexibility index (Phi) is 8.77. The molecule has 128 valence electrons. The number of alkyl halides is 3. The quantitative estimate of drug-likeness (QED) is 0.872. The van der Waals surface area contributed by atoms with E-state index < -0.39 is 12.2 Å². The maximum Gasteiger partial charge on any atom is 0.408 e. The smallest absolute Gasteiger partial charge is 0.314 e. The van der Waals surface area contributed by atoms with Crippen molar-refractivity contribution < 1.29 is 13.2 Å². The fourth-order valence-corrected chi connectivity index (χ4v) is 2.61. The summed E-state index contributed by atoms with van der Waals surface area (Å²) in [5.41, 5.74) is 1.40. The van der Waals surface area contributed by atoms with Crippen LogP contribution >= 0.6 is 24.8 Å². The lowest BCUT2D eigenvalue weighted by molar-refractivity contribution is -0.187. The Labute approximate surface area is 142 Å². The molecule has 1 atom stereocenters. The van der Waals surface area contributed by atoms with Gasteiger partial charge in [0.05, 0.1) is 0 Å². The van der Waals surface area contributed by atoms with Gasteiger partial charge in [0.15, 0.2) is 0 Å². The van der Waals surface area contributed by atoms with E-state index in [1.165, 1.54) is 4.90 Å². The lowest BCUT2D eigenvalue weighted by Gasteiger charge is -2.36. The number of halogens is 5. The van der Waals surface area contributed by atoms with Crippen LogP contribution in [0.25, 0.3) is 0 Å². The zero-order valence-corrected chi connectivity index (χ0v) is 14.3. The first-order chi connectivity index (χ1) is 9.39. The van der Waals surface area contributed by atoms with Gasteiger partial charge in [-0.05, 0) is 17.0 Å². The molecular formula is C15H23Cl2F3N2. The number of nitrogens with zero attached hydrogens (tertiary/aromatic N) is 1. The van der Waals surface area contributed by atoms with Gasteiger partial charge in [-0.15, -0.1) is 24.8 Å². The van der Waals surface area contributed by atoms with Gasteiger partial charge < -0.3 is 5.32 Å². The van der Waals surface area contributed by atoms with Gasteiger partial charge >= 0.3 is 6.18 Å². The zero-order valence-electron chi connectivity index (χ0n) is 12.7. The van der Waals surface area contributed by atoms with Crippen LogP contribution in [0.3, 0.4) is 0 Å². The second kappa shape index (κ2) is 8.96. The summed E-state index contributed by atoms with van der Waals surface area (Å²) >= 11 is 0. The summed E-state index contributed by atoms with van der Waals surface area (Å²) in [5.74, 6) is 0.326. The van der Waals surface area contributed by atoms with Gasteiger partial charge in [0.25, 0.3) is 0 Å². The highest BCUT2D eigenvalue weighted by atomic mass is 35.5. The first kappa shape index (κ1) is 21.5. The first-order valence-electron chi connectivity index (χ1n) is 7.01. The molecule has 0 spiro atoms. The summed E-state index contributed by atoms with van der Waals surface area (Å²) < 4.78 is 40.2. The van der Waals surface area contributed by atoms with E-state index in [0.29, 0.717) is 37.7 Å². The Morgan fingerprint density at radius 3 is 1.82 bits per heavy atom. The Morgan fingerprint density at radius 1 is 0.955 bits per heavy atom. The first-order valence-corrected chi connectivity index (χ1v) is 7.01. The van der Waals surface area contributed by atoms with Gasteiger partial charge in [-0.2, -0.15) is 13.2 Å². The largest absolute Gasteiger partial charge is 0.408 e. The molecule has 2 nitrogen and oxygen atoms in total. The highest BCUT2D eigenvalue weighted by Crippen LogP contribution is 2.38. The maximum absolute atomic E-state index is 13.4. The predicted molar refractivity (Wildman–Crippen MR) is 88.3 cm³/mol. The molecule has 1 saturated heterocycles. The molecule has 0 aliphatic carbocycles. The number of piperazine rings is 1. The molecule has 1 heterocycles. The molecule has 7 heteroatoms. The van der Waals surface area contributed by atoms with Gasteiger partial charge in [-0.25, -0.2) is 0 Å². The highest BCUT2D eigenvalue weighted by molar-refractivity contribution is 5.85. The summed E-state index contributed by atoms with van der Waals surface area (Å²) in [6.45, 7) is 6.14. The average molecular weight is 359 g/mol. The van der Waals surface area contributed by atoms with E-state index >= 15 is 0 Å². The van der Waals surface area contributed by atoms with Crippen LogP contribution in [0.5, 0.6) is 0 Å². The van der Waals surface area contributed by atoms with Crippen molar-refractivity contribution in [3.8, 4) is 0 Å². The van der Waals surface area contributed by atoms with Gasteiger partial charge in [0, 0.05) is 26.2 Å². The third-order valence-corrected chi connectivity index (χ3v) is 3.75. The van der Waals surface area contributed by atoms with Crippen molar-refractivity contribution in [3.63, 3.8) is 0 Å². The van der Waals surface area contributed by atoms with Crippen LogP contribution in [-0.4, -0.2) is 37.3 Å². The molecule has 1 aliphatic rings. The lowest BCUT2D eigenvalue weighted by Crippen LogP contribution is -2.49. The summed E-state index contributed by atoms with van der Waals surface area (Å²) in [7, 11) is 0. The lowest BCUT2D eigenvalue weighted by atomic mass is 9.98. The van der Waals surface area contributed by atoms with E-state index in [-0.39, 0.29) is 24.8 Å². The molecule has 1 N–H and O–H groups in total. The van der Waals surface area contributed by atoms with Crippen LogP contribution in [0.15, 0.2) is 24.3 Å². The molecule has 0 aromatic heterocycles. The van der Waals surface area contributed by atoms with Gasteiger partial charge in [0.2, 0.25) is 0 Å². The summed E-state index contributed by atoms with van der Waals surface area (Å²) in [6, 6.07) is 5.36. The normalized spacial score (nSPS) is 17.5. The van der Waals surface area contributed by atoms with Gasteiger partial charge in [-0.3, -0.25) is 4.90 Å². The van der Waals surface area contributed by atoms with Crippen LogP contribution in [-0.2, 0) is 0 Å². The minimum absolute atomic E-state index is 0. The standard InChI is InChI=1S/C15H21F3N2.2ClH/c1-11(2)12-3-5-13(6-4-12)14(15(16,17)18)20-9-7-19-8-10-20;;/h3-6,11,14,19H,7-10H2,1-2H3;2*1H/t14-;;/m1../s1. The molecule has 1 fully saturated rings. The van der Waals surface area contributed by atoms with Crippen LogP contribution in [0.4, 0.5) is 13.2 Å². The number of hydrogen-bond donors (Lipinski definition) is 1. The van der Waals surface area contributed by atoms with Crippen LogP contribution in [0.2, 0.25) is 0 Å². The third kappa shape index (κ3) is 5.30. The minimum Gasteiger partial charge on any atom is -0.314 e. The van der Waals surface area contributed by atoms with Crippen molar-refractivity contribution in [2.75, 3.05) is 26.2 Å².